The summed E-state index contributed by atoms with van der Waals surface area (Å²) >= 11 is 0. The van der Waals surface area contributed by atoms with Gasteiger partial charge in [0.15, 0.2) is 0 Å². The third kappa shape index (κ3) is 1.61. The van der Waals surface area contributed by atoms with Gasteiger partial charge in [0.1, 0.15) is 11.5 Å². The molecular formula is C13H21NO. The standard InChI is InChI=1S/C13H21NO/c1-5-12-13(4,6-7-14-12)11-8-9(2)15-10(11)3/h8,12,14H,5-7H2,1-4H3. The van der Waals surface area contributed by atoms with Crippen molar-refractivity contribution in [1.82, 2.24) is 5.32 Å². The Morgan fingerprint density at radius 1 is 1.53 bits per heavy atom. The summed E-state index contributed by atoms with van der Waals surface area (Å²) in [6, 6.07) is 2.80. The molecule has 1 N–H and O–H groups in total. The van der Waals surface area contributed by atoms with Gasteiger partial charge in [0, 0.05) is 17.0 Å². The maximum Gasteiger partial charge on any atom is 0.104 e. The van der Waals surface area contributed by atoms with E-state index in [1.807, 2.05) is 6.92 Å². The Balaban J connectivity index is 2.40. The molecule has 1 aliphatic heterocycles. The molecule has 1 aromatic heterocycles. The van der Waals surface area contributed by atoms with Gasteiger partial charge in [-0.3, -0.25) is 0 Å². The maximum atomic E-state index is 5.66. The summed E-state index contributed by atoms with van der Waals surface area (Å²) < 4.78 is 5.66. The van der Waals surface area contributed by atoms with Crippen LogP contribution in [0.5, 0.6) is 0 Å². The minimum atomic E-state index is 0.261. The number of aryl methyl sites for hydroxylation is 2. The lowest BCUT2D eigenvalue weighted by atomic mass is 9.75. The van der Waals surface area contributed by atoms with Gasteiger partial charge in [-0.2, -0.15) is 0 Å². The van der Waals surface area contributed by atoms with Crippen LogP contribution in [0.4, 0.5) is 0 Å². The smallest absolute Gasteiger partial charge is 0.104 e. The highest BCUT2D eigenvalue weighted by Crippen LogP contribution is 2.39. The second kappa shape index (κ2) is 3.67. The van der Waals surface area contributed by atoms with Gasteiger partial charge in [0.25, 0.3) is 0 Å². The molecule has 84 valence electrons. The van der Waals surface area contributed by atoms with Crippen LogP contribution in [0.2, 0.25) is 0 Å². The second-order valence-corrected chi connectivity index (χ2v) is 4.91. The molecule has 0 aromatic carbocycles. The first-order valence-corrected chi connectivity index (χ1v) is 5.89. The minimum absolute atomic E-state index is 0.261. The zero-order valence-electron chi connectivity index (χ0n) is 10.2. The molecule has 2 nitrogen and oxygen atoms in total. The maximum absolute atomic E-state index is 5.66. The summed E-state index contributed by atoms with van der Waals surface area (Å²) in [5, 5.41) is 3.59. The average molecular weight is 207 g/mol. The molecule has 2 heterocycles. The molecule has 0 bridgehead atoms. The van der Waals surface area contributed by atoms with E-state index in [0.717, 1.165) is 18.1 Å². The van der Waals surface area contributed by atoms with Gasteiger partial charge in [-0.25, -0.2) is 0 Å². The van der Waals surface area contributed by atoms with E-state index in [0.29, 0.717) is 6.04 Å². The molecule has 2 rings (SSSR count). The van der Waals surface area contributed by atoms with Crippen LogP contribution >= 0.6 is 0 Å². The molecular weight excluding hydrogens is 186 g/mol. The van der Waals surface area contributed by atoms with Crippen molar-refractivity contribution in [1.29, 1.82) is 0 Å². The highest BCUT2D eigenvalue weighted by molar-refractivity contribution is 5.32. The van der Waals surface area contributed by atoms with Gasteiger partial charge in [-0.1, -0.05) is 13.8 Å². The molecule has 1 aromatic rings. The van der Waals surface area contributed by atoms with Gasteiger partial charge >= 0.3 is 0 Å². The van der Waals surface area contributed by atoms with Crippen LogP contribution in [0.25, 0.3) is 0 Å². The van der Waals surface area contributed by atoms with Crippen molar-refractivity contribution in [3.8, 4) is 0 Å². The first-order valence-electron chi connectivity index (χ1n) is 5.89. The quantitative estimate of drug-likeness (QED) is 0.806. The lowest BCUT2D eigenvalue weighted by Gasteiger charge is -2.30. The third-order valence-electron chi connectivity index (χ3n) is 3.87. The molecule has 1 fully saturated rings. The number of nitrogens with one attached hydrogen (secondary N) is 1. The topological polar surface area (TPSA) is 25.2 Å². The highest BCUT2D eigenvalue weighted by atomic mass is 16.3. The Labute approximate surface area is 92.1 Å². The van der Waals surface area contributed by atoms with Crippen molar-refractivity contribution in [2.24, 2.45) is 0 Å². The van der Waals surface area contributed by atoms with E-state index >= 15 is 0 Å². The molecule has 0 saturated carbocycles. The summed E-state index contributed by atoms with van der Waals surface area (Å²) in [4.78, 5) is 0. The first kappa shape index (κ1) is 10.7. The molecule has 0 radical (unpaired) electrons. The van der Waals surface area contributed by atoms with Crippen molar-refractivity contribution >= 4 is 0 Å². The monoisotopic (exact) mass is 207 g/mol. The van der Waals surface area contributed by atoms with Crippen LogP contribution in [-0.4, -0.2) is 12.6 Å². The molecule has 1 aliphatic rings. The van der Waals surface area contributed by atoms with E-state index in [1.165, 1.54) is 18.4 Å². The minimum Gasteiger partial charge on any atom is -0.466 e. The van der Waals surface area contributed by atoms with Gasteiger partial charge in [0.2, 0.25) is 0 Å². The van der Waals surface area contributed by atoms with Crippen molar-refractivity contribution in [2.45, 2.75) is 52.0 Å². The molecule has 2 unspecified atom stereocenters. The van der Waals surface area contributed by atoms with Gasteiger partial charge < -0.3 is 9.73 Å². The third-order valence-corrected chi connectivity index (χ3v) is 3.87. The van der Waals surface area contributed by atoms with Crippen molar-refractivity contribution in [3.05, 3.63) is 23.2 Å². The van der Waals surface area contributed by atoms with Crippen LogP contribution in [0.15, 0.2) is 10.5 Å². The molecule has 0 aliphatic carbocycles. The van der Waals surface area contributed by atoms with Crippen molar-refractivity contribution in [3.63, 3.8) is 0 Å². The zero-order valence-corrected chi connectivity index (χ0v) is 10.2. The SMILES string of the molecule is CCC1NCCC1(C)c1cc(C)oc1C. The van der Waals surface area contributed by atoms with Crippen LogP contribution < -0.4 is 5.32 Å². The number of furan rings is 1. The Morgan fingerprint density at radius 2 is 2.27 bits per heavy atom. The molecule has 1 saturated heterocycles. The average Bonchev–Trinajstić information content (AvgIpc) is 2.70. The lowest BCUT2D eigenvalue weighted by molar-refractivity contribution is 0.383. The lowest BCUT2D eigenvalue weighted by Crippen LogP contribution is -2.37. The van der Waals surface area contributed by atoms with Crippen LogP contribution in [0.1, 0.15) is 43.8 Å². The predicted octanol–water partition coefficient (Wildman–Crippen LogP) is 2.93. The fourth-order valence-corrected chi connectivity index (χ4v) is 3.02. The van der Waals surface area contributed by atoms with E-state index in [1.54, 1.807) is 0 Å². The van der Waals surface area contributed by atoms with Crippen LogP contribution in [0.3, 0.4) is 0 Å². The molecule has 2 heteroatoms. The molecule has 0 amide bonds. The Kier molecular flexibility index (Phi) is 2.63. The number of hydrogen-bond acceptors (Lipinski definition) is 2. The Hall–Kier alpha value is -0.760. The van der Waals surface area contributed by atoms with E-state index in [9.17, 15) is 0 Å². The number of hydrogen-bond donors (Lipinski definition) is 1. The highest BCUT2D eigenvalue weighted by Gasteiger charge is 2.40. The summed E-state index contributed by atoms with van der Waals surface area (Å²) in [6.45, 7) is 9.85. The van der Waals surface area contributed by atoms with E-state index < -0.39 is 0 Å². The molecule has 15 heavy (non-hydrogen) atoms. The summed E-state index contributed by atoms with van der Waals surface area (Å²) in [7, 11) is 0. The second-order valence-electron chi connectivity index (χ2n) is 4.91. The summed E-state index contributed by atoms with van der Waals surface area (Å²) in [5.41, 5.74) is 1.66. The predicted molar refractivity (Wildman–Crippen MR) is 62.2 cm³/mol. The normalized spacial score (nSPS) is 31.1. The van der Waals surface area contributed by atoms with Crippen LogP contribution in [-0.2, 0) is 5.41 Å². The fraction of sp³-hybridized carbons (Fsp3) is 0.692. The van der Waals surface area contributed by atoms with Gasteiger partial charge in [-0.05, 0) is 39.3 Å². The summed E-state index contributed by atoms with van der Waals surface area (Å²) in [6.07, 6.45) is 2.39. The summed E-state index contributed by atoms with van der Waals surface area (Å²) in [5.74, 6) is 2.13. The van der Waals surface area contributed by atoms with Gasteiger partial charge in [-0.15, -0.1) is 0 Å². The molecule has 0 spiro atoms. The first-order chi connectivity index (χ1) is 7.08. The van der Waals surface area contributed by atoms with Crippen molar-refractivity contribution < 1.29 is 4.42 Å². The fourth-order valence-electron chi connectivity index (χ4n) is 3.02. The van der Waals surface area contributed by atoms with Gasteiger partial charge in [0.05, 0.1) is 0 Å². The van der Waals surface area contributed by atoms with Crippen molar-refractivity contribution in [2.75, 3.05) is 6.54 Å². The van der Waals surface area contributed by atoms with Crippen LogP contribution in [0, 0.1) is 13.8 Å². The number of rotatable bonds is 2. The van der Waals surface area contributed by atoms with E-state index in [-0.39, 0.29) is 5.41 Å². The van der Waals surface area contributed by atoms with E-state index in [2.05, 4.69) is 32.2 Å². The van der Waals surface area contributed by atoms with E-state index in [4.69, 9.17) is 4.42 Å². The Bertz CT molecular complexity index is 355. The zero-order chi connectivity index (χ0) is 11.1. The Morgan fingerprint density at radius 3 is 2.80 bits per heavy atom. The molecule has 2 atom stereocenters. The largest absolute Gasteiger partial charge is 0.466 e.